The van der Waals surface area contributed by atoms with Crippen molar-refractivity contribution in [2.45, 2.75) is 200 Å². The summed E-state index contributed by atoms with van der Waals surface area (Å²) in [6.45, 7) is 5.30. The summed E-state index contributed by atoms with van der Waals surface area (Å²) >= 11 is 0. The van der Waals surface area contributed by atoms with E-state index >= 15 is 0 Å². The van der Waals surface area contributed by atoms with Gasteiger partial charge in [-0.3, -0.25) is 0 Å². The van der Waals surface area contributed by atoms with Gasteiger partial charge in [-0.15, -0.1) is 0 Å². The quantitative estimate of drug-likeness (QED) is 0.0573. The van der Waals surface area contributed by atoms with Gasteiger partial charge in [-0.2, -0.15) is 0 Å². The van der Waals surface area contributed by atoms with Gasteiger partial charge < -0.3 is 9.84 Å². The van der Waals surface area contributed by atoms with Crippen LogP contribution in [0.4, 0.5) is 0 Å². The fourth-order valence-electron chi connectivity index (χ4n) is 4.99. The largest absolute Gasteiger partial charge is 0.368 e. The van der Waals surface area contributed by atoms with Gasteiger partial charge in [0, 0.05) is 6.61 Å². The number of aliphatic hydroxyl groups is 1. The van der Waals surface area contributed by atoms with Crippen LogP contribution in [0.1, 0.15) is 194 Å². The molecule has 0 aromatic carbocycles. The second-order valence-electron chi connectivity index (χ2n) is 11.3. The maximum atomic E-state index is 10.0. The molecule has 2 nitrogen and oxygen atoms in total. The summed E-state index contributed by atoms with van der Waals surface area (Å²) in [7, 11) is 0. The van der Waals surface area contributed by atoms with Crippen LogP contribution in [0.25, 0.3) is 0 Å². The van der Waals surface area contributed by atoms with Crippen LogP contribution in [0, 0.1) is 0 Å². The fraction of sp³-hybridized carbons (Fsp3) is 0.941. The molecule has 0 saturated carbocycles. The maximum absolute atomic E-state index is 10.0. The number of allylic oxidation sites excluding steroid dienone is 2. The van der Waals surface area contributed by atoms with Crippen molar-refractivity contribution in [3.8, 4) is 0 Å². The van der Waals surface area contributed by atoms with E-state index in [2.05, 4.69) is 26.0 Å². The highest BCUT2D eigenvalue weighted by atomic mass is 16.6. The molecule has 0 spiro atoms. The highest BCUT2D eigenvalue weighted by Crippen LogP contribution is 2.14. The number of aliphatic hydroxyl groups excluding tert-OH is 1. The van der Waals surface area contributed by atoms with E-state index in [1.165, 1.54) is 161 Å². The lowest BCUT2D eigenvalue weighted by atomic mass is 10.0. The minimum absolute atomic E-state index is 0.545. The van der Waals surface area contributed by atoms with Crippen LogP contribution in [0.2, 0.25) is 0 Å². The summed E-state index contributed by atoms with van der Waals surface area (Å²) in [6, 6.07) is 0. The number of hydrogen-bond acceptors (Lipinski definition) is 2. The second kappa shape index (κ2) is 32.7. The van der Waals surface area contributed by atoms with E-state index in [-0.39, 0.29) is 0 Å². The Balaban J connectivity index is 3.18. The first-order valence-corrected chi connectivity index (χ1v) is 16.8. The van der Waals surface area contributed by atoms with Crippen molar-refractivity contribution in [3.63, 3.8) is 0 Å². The lowest BCUT2D eigenvalue weighted by Crippen LogP contribution is -2.12. The van der Waals surface area contributed by atoms with Crippen molar-refractivity contribution in [1.82, 2.24) is 0 Å². The molecular formula is C34H68O2. The zero-order chi connectivity index (χ0) is 26.2. The molecule has 0 aliphatic rings. The van der Waals surface area contributed by atoms with Gasteiger partial charge in [-0.05, 0) is 44.9 Å². The van der Waals surface area contributed by atoms with Gasteiger partial charge in [0.25, 0.3) is 0 Å². The molecule has 1 unspecified atom stereocenters. The van der Waals surface area contributed by atoms with Crippen molar-refractivity contribution < 1.29 is 9.84 Å². The number of rotatable bonds is 31. The summed E-state index contributed by atoms with van der Waals surface area (Å²) in [4.78, 5) is 0. The number of hydrogen-bond donors (Lipinski definition) is 1. The minimum atomic E-state index is -0.545. The van der Waals surface area contributed by atoms with E-state index in [4.69, 9.17) is 4.74 Å². The van der Waals surface area contributed by atoms with Gasteiger partial charge in [0.05, 0.1) is 0 Å². The predicted octanol–water partition coefficient (Wildman–Crippen LogP) is 11.8. The van der Waals surface area contributed by atoms with Gasteiger partial charge in [0.1, 0.15) is 0 Å². The summed E-state index contributed by atoms with van der Waals surface area (Å²) in [5.41, 5.74) is 0. The van der Waals surface area contributed by atoms with Crippen LogP contribution in [0.3, 0.4) is 0 Å². The molecule has 216 valence electrons. The molecule has 0 heterocycles. The van der Waals surface area contributed by atoms with E-state index in [1.807, 2.05) is 0 Å². The Morgan fingerprint density at radius 2 is 0.778 bits per heavy atom. The van der Waals surface area contributed by atoms with E-state index in [9.17, 15) is 5.11 Å². The van der Waals surface area contributed by atoms with Crippen LogP contribution in [-0.4, -0.2) is 18.0 Å². The van der Waals surface area contributed by atoms with Gasteiger partial charge >= 0.3 is 0 Å². The average molecular weight is 509 g/mol. The Labute approximate surface area is 228 Å². The molecule has 0 amide bonds. The van der Waals surface area contributed by atoms with Crippen molar-refractivity contribution in [3.05, 3.63) is 12.2 Å². The molecule has 36 heavy (non-hydrogen) atoms. The summed E-state index contributed by atoms with van der Waals surface area (Å²) < 4.78 is 5.61. The molecule has 1 atom stereocenters. The fourth-order valence-corrected chi connectivity index (χ4v) is 4.99. The predicted molar refractivity (Wildman–Crippen MR) is 162 cm³/mol. The monoisotopic (exact) mass is 509 g/mol. The van der Waals surface area contributed by atoms with Crippen LogP contribution in [0.5, 0.6) is 0 Å². The van der Waals surface area contributed by atoms with Crippen molar-refractivity contribution >= 4 is 0 Å². The molecule has 0 aliphatic heterocycles. The van der Waals surface area contributed by atoms with Gasteiger partial charge in [0.15, 0.2) is 6.29 Å². The van der Waals surface area contributed by atoms with E-state index in [1.54, 1.807) is 0 Å². The summed E-state index contributed by atoms with van der Waals surface area (Å²) in [6.07, 6.45) is 41.4. The molecule has 0 fully saturated rings. The lowest BCUT2D eigenvalue weighted by molar-refractivity contribution is -0.105. The first-order chi connectivity index (χ1) is 17.8. The molecule has 0 saturated heterocycles. The minimum Gasteiger partial charge on any atom is -0.368 e. The van der Waals surface area contributed by atoms with E-state index < -0.39 is 6.29 Å². The van der Waals surface area contributed by atoms with Gasteiger partial charge in [-0.25, -0.2) is 0 Å². The third-order valence-corrected chi connectivity index (χ3v) is 7.52. The van der Waals surface area contributed by atoms with E-state index in [0.29, 0.717) is 0 Å². The zero-order valence-electron chi connectivity index (χ0n) is 25.1. The lowest BCUT2D eigenvalue weighted by Gasteiger charge is -2.11. The van der Waals surface area contributed by atoms with Gasteiger partial charge in [0.2, 0.25) is 0 Å². The molecule has 0 bridgehead atoms. The molecule has 1 N–H and O–H groups in total. The Morgan fingerprint density at radius 3 is 1.19 bits per heavy atom. The summed E-state index contributed by atoms with van der Waals surface area (Å²) in [5, 5.41) is 10.0. The second-order valence-corrected chi connectivity index (χ2v) is 11.3. The molecule has 0 radical (unpaired) electrons. The highest BCUT2D eigenvalue weighted by Gasteiger charge is 2.03. The standard InChI is InChI=1S/C34H68O2/c1-3-5-7-9-11-13-15-17-19-20-22-24-26-28-30-32-34(35)36-33-31-29-27-25-23-21-18-16-14-12-10-8-6-4-2/h17,19,34-35H,3-16,18,20-33H2,1-2H3/b19-17-. The van der Waals surface area contributed by atoms with Crippen LogP contribution >= 0.6 is 0 Å². The average Bonchev–Trinajstić information content (AvgIpc) is 2.88. The third kappa shape index (κ3) is 31.7. The Morgan fingerprint density at radius 1 is 0.444 bits per heavy atom. The maximum Gasteiger partial charge on any atom is 0.154 e. The molecule has 2 heteroatoms. The third-order valence-electron chi connectivity index (χ3n) is 7.52. The topological polar surface area (TPSA) is 29.5 Å². The Kier molecular flexibility index (Phi) is 32.4. The van der Waals surface area contributed by atoms with Crippen molar-refractivity contribution in [2.75, 3.05) is 6.61 Å². The first kappa shape index (κ1) is 35.7. The molecule has 0 aliphatic carbocycles. The Bertz CT molecular complexity index is 406. The zero-order valence-corrected chi connectivity index (χ0v) is 25.1. The highest BCUT2D eigenvalue weighted by molar-refractivity contribution is 4.81. The molecule has 0 rings (SSSR count). The number of ether oxygens (including phenoxy) is 1. The van der Waals surface area contributed by atoms with Gasteiger partial charge in [-0.1, -0.05) is 161 Å². The molecule has 0 aromatic heterocycles. The van der Waals surface area contributed by atoms with Crippen LogP contribution in [-0.2, 0) is 4.74 Å². The summed E-state index contributed by atoms with van der Waals surface area (Å²) in [5.74, 6) is 0. The van der Waals surface area contributed by atoms with Crippen LogP contribution < -0.4 is 0 Å². The Hall–Kier alpha value is -0.340. The van der Waals surface area contributed by atoms with Crippen molar-refractivity contribution in [2.24, 2.45) is 0 Å². The molecular weight excluding hydrogens is 440 g/mol. The number of unbranched alkanes of at least 4 members (excludes halogenated alkanes) is 24. The van der Waals surface area contributed by atoms with Crippen molar-refractivity contribution in [1.29, 1.82) is 0 Å². The van der Waals surface area contributed by atoms with E-state index in [0.717, 1.165) is 25.9 Å². The molecule has 0 aromatic rings. The normalized spacial score (nSPS) is 12.6. The van der Waals surface area contributed by atoms with Crippen LogP contribution in [0.15, 0.2) is 12.2 Å². The SMILES string of the molecule is CCCCCCCC/C=C\CCCCCCCC(O)OCCCCCCCCCCCCCCCC. The smallest absolute Gasteiger partial charge is 0.154 e. The first-order valence-electron chi connectivity index (χ1n) is 16.8.